The number of hydrogen-bond donors (Lipinski definition) is 1. The number of rotatable bonds is 9. The molecule has 1 aromatic carbocycles. The molecule has 4 rings (SSSR count). The summed E-state index contributed by atoms with van der Waals surface area (Å²) in [7, 11) is 0. The van der Waals surface area contributed by atoms with Crippen molar-refractivity contribution in [3.63, 3.8) is 0 Å². The molecule has 5 nitrogen and oxygen atoms in total. The minimum absolute atomic E-state index is 0.136. The molecule has 0 aliphatic carbocycles. The summed E-state index contributed by atoms with van der Waals surface area (Å²) in [6.07, 6.45) is 8.30. The average molecular weight is 462 g/mol. The van der Waals surface area contributed by atoms with Crippen LogP contribution in [0.15, 0.2) is 42.7 Å². The predicted molar refractivity (Wildman–Crippen MR) is 124 cm³/mol. The Bertz CT molecular complexity index is 881. The van der Waals surface area contributed by atoms with Gasteiger partial charge in [-0.3, -0.25) is 14.7 Å². The fraction of sp³-hybridized carbons (Fsp3) is 0.500. The SMILES string of the molecule is CCCOCCN1C2CCC1(C(NC(=O)c1c(Cl)cncc1Cl)c1ccccc1)CC2. The molecule has 7 heteroatoms. The molecule has 0 spiro atoms. The van der Waals surface area contributed by atoms with E-state index in [1.807, 2.05) is 18.2 Å². The topological polar surface area (TPSA) is 54.5 Å². The van der Waals surface area contributed by atoms with Gasteiger partial charge in [-0.1, -0.05) is 60.5 Å². The van der Waals surface area contributed by atoms with E-state index in [1.165, 1.54) is 12.4 Å². The highest BCUT2D eigenvalue weighted by Crippen LogP contribution is 2.52. The summed E-state index contributed by atoms with van der Waals surface area (Å²) in [6.45, 7) is 4.49. The fourth-order valence-corrected chi connectivity index (χ4v) is 5.88. The number of carbonyl (C=O) groups excluding carboxylic acids is 1. The predicted octanol–water partition coefficient (Wildman–Crippen LogP) is 5.28. The van der Waals surface area contributed by atoms with Crippen LogP contribution in [-0.4, -0.2) is 47.1 Å². The zero-order valence-corrected chi connectivity index (χ0v) is 19.3. The van der Waals surface area contributed by atoms with Gasteiger partial charge in [0.25, 0.3) is 5.91 Å². The maximum Gasteiger partial charge on any atom is 0.254 e. The summed E-state index contributed by atoms with van der Waals surface area (Å²) in [5.74, 6) is -0.266. The number of pyridine rings is 1. The second kappa shape index (κ2) is 9.86. The van der Waals surface area contributed by atoms with Crippen molar-refractivity contribution in [2.75, 3.05) is 19.8 Å². The third-order valence-corrected chi connectivity index (χ3v) is 7.26. The number of halogens is 2. The van der Waals surface area contributed by atoms with Gasteiger partial charge in [-0.25, -0.2) is 0 Å². The Morgan fingerprint density at radius 3 is 2.52 bits per heavy atom. The Balaban J connectivity index is 1.65. The first-order chi connectivity index (χ1) is 15.1. The van der Waals surface area contributed by atoms with Gasteiger partial charge < -0.3 is 10.1 Å². The summed E-state index contributed by atoms with van der Waals surface area (Å²) >= 11 is 12.6. The quantitative estimate of drug-likeness (QED) is 0.515. The molecule has 1 atom stereocenters. The van der Waals surface area contributed by atoms with E-state index in [2.05, 4.69) is 34.3 Å². The highest BCUT2D eigenvalue weighted by Gasteiger charge is 2.56. The van der Waals surface area contributed by atoms with E-state index in [0.29, 0.717) is 12.6 Å². The van der Waals surface area contributed by atoms with Gasteiger partial charge >= 0.3 is 0 Å². The third kappa shape index (κ3) is 4.47. The van der Waals surface area contributed by atoms with Gasteiger partial charge in [0, 0.05) is 37.1 Å². The molecule has 2 aromatic rings. The molecule has 2 fully saturated rings. The molecule has 2 bridgehead atoms. The Labute approximate surface area is 194 Å². The summed E-state index contributed by atoms with van der Waals surface area (Å²) in [6, 6.07) is 10.6. The summed E-state index contributed by atoms with van der Waals surface area (Å²) in [5, 5.41) is 3.82. The van der Waals surface area contributed by atoms with Crippen molar-refractivity contribution in [3.05, 3.63) is 63.9 Å². The summed E-state index contributed by atoms with van der Waals surface area (Å²) < 4.78 is 5.81. The van der Waals surface area contributed by atoms with Crippen LogP contribution < -0.4 is 5.32 Å². The normalized spacial score (nSPS) is 23.8. The number of nitrogens with one attached hydrogen (secondary N) is 1. The summed E-state index contributed by atoms with van der Waals surface area (Å²) in [5.41, 5.74) is 1.24. The van der Waals surface area contributed by atoms with E-state index in [4.69, 9.17) is 27.9 Å². The van der Waals surface area contributed by atoms with Crippen molar-refractivity contribution in [3.8, 4) is 0 Å². The van der Waals surface area contributed by atoms with Crippen molar-refractivity contribution in [2.24, 2.45) is 0 Å². The van der Waals surface area contributed by atoms with Crippen LogP contribution in [0, 0.1) is 0 Å². The number of ether oxygens (including phenoxy) is 1. The molecule has 1 amide bonds. The Morgan fingerprint density at radius 1 is 1.19 bits per heavy atom. The Kier molecular flexibility index (Phi) is 7.17. The molecule has 166 valence electrons. The van der Waals surface area contributed by atoms with Gasteiger partial charge in [0.15, 0.2) is 0 Å². The van der Waals surface area contributed by atoms with Crippen LogP contribution in [0.2, 0.25) is 10.0 Å². The van der Waals surface area contributed by atoms with Gasteiger partial charge in [0.2, 0.25) is 0 Å². The van der Waals surface area contributed by atoms with Crippen molar-refractivity contribution in [1.82, 2.24) is 15.2 Å². The van der Waals surface area contributed by atoms with Crippen molar-refractivity contribution in [2.45, 2.75) is 56.7 Å². The van der Waals surface area contributed by atoms with E-state index in [0.717, 1.165) is 50.8 Å². The minimum atomic E-state index is -0.266. The number of nitrogens with zero attached hydrogens (tertiary/aromatic N) is 2. The van der Waals surface area contributed by atoms with Crippen LogP contribution in [0.3, 0.4) is 0 Å². The molecule has 31 heavy (non-hydrogen) atoms. The lowest BCUT2D eigenvalue weighted by atomic mass is 9.78. The highest BCUT2D eigenvalue weighted by molar-refractivity contribution is 6.39. The van der Waals surface area contributed by atoms with E-state index in [-0.39, 0.29) is 33.1 Å². The van der Waals surface area contributed by atoms with Gasteiger partial charge in [-0.2, -0.15) is 0 Å². The lowest BCUT2D eigenvalue weighted by Gasteiger charge is -2.42. The Hall–Kier alpha value is -1.66. The number of fused-ring (bicyclic) bond motifs is 2. The zero-order chi connectivity index (χ0) is 21.8. The molecule has 2 saturated heterocycles. The van der Waals surface area contributed by atoms with Crippen molar-refractivity contribution >= 4 is 29.1 Å². The van der Waals surface area contributed by atoms with Crippen molar-refractivity contribution in [1.29, 1.82) is 0 Å². The van der Waals surface area contributed by atoms with Crippen LogP contribution in [0.1, 0.15) is 61.0 Å². The lowest BCUT2D eigenvalue weighted by molar-refractivity contribution is 0.0516. The monoisotopic (exact) mass is 461 g/mol. The van der Waals surface area contributed by atoms with Gasteiger partial charge in [-0.15, -0.1) is 0 Å². The number of hydrogen-bond acceptors (Lipinski definition) is 4. The first-order valence-corrected chi connectivity index (χ1v) is 11.8. The largest absolute Gasteiger partial charge is 0.380 e. The minimum Gasteiger partial charge on any atom is -0.380 e. The number of aromatic nitrogens is 1. The molecular formula is C24H29Cl2N3O2. The van der Waals surface area contributed by atoms with Gasteiger partial charge in [0.1, 0.15) is 0 Å². The second-order valence-electron chi connectivity index (χ2n) is 8.44. The average Bonchev–Trinajstić information content (AvgIpc) is 3.30. The maximum absolute atomic E-state index is 13.4. The standard InChI is InChI=1S/C24H29Cl2N3O2/c1-2-13-31-14-12-29-18-8-10-24(29,11-9-18)22(17-6-4-3-5-7-17)28-23(30)21-19(25)15-27-16-20(21)26/h3-7,15-16,18,22H,2,8-14H2,1H3,(H,28,30). The van der Waals surface area contributed by atoms with Crippen LogP contribution in [0.25, 0.3) is 0 Å². The molecule has 1 unspecified atom stereocenters. The van der Waals surface area contributed by atoms with Crippen molar-refractivity contribution < 1.29 is 9.53 Å². The van der Waals surface area contributed by atoms with Gasteiger partial charge in [0.05, 0.1) is 28.3 Å². The number of carbonyl (C=O) groups is 1. The van der Waals surface area contributed by atoms with E-state index in [1.54, 1.807) is 0 Å². The lowest BCUT2D eigenvalue weighted by Crippen LogP contribution is -2.53. The first-order valence-electron chi connectivity index (χ1n) is 11.1. The third-order valence-electron chi connectivity index (χ3n) is 6.68. The fourth-order valence-electron chi connectivity index (χ4n) is 5.34. The summed E-state index contributed by atoms with van der Waals surface area (Å²) in [4.78, 5) is 19.9. The molecular weight excluding hydrogens is 433 g/mol. The van der Waals surface area contributed by atoms with E-state index >= 15 is 0 Å². The Morgan fingerprint density at radius 2 is 1.87 bits per heavy atom. The van der Waals surface area contributed by atoms with Crippen LogP contribution >= 0.6 is 23.2 Å². The second-order valence-corrected chi connectivity index (χ2v) is 9.25. The smallest absolute Gasteiger partial charge is 0.254 e. The van der Waals surface area contributed by atoms with E-state index < -0.39 is 0 Å². The number of benzene rings is 1. The number of amides is 1. The molecule has 1 N–H and O–H groups in total. The van der Waals surface area contributed by atoms with E-state index in [9.17, 15) is 4.79 Å². The molecule has 1 aromatic heterocycles. The first kappa shape index (κ1) is 22.5. The molecule has 2 aliphatic heterocycles. The van der Waals surface area contributed by atoms with Gasteiger partial charge in [-0.05, 0) is 37.7 Å². The van der Waals surface area contributed by atoms with Crippen LogP contribution in [0.4, 0.5) is 0 Å². The zero-order valence-electron chi connectivity index (χ0n) is 17.8. The molecule has 2 aliphatic rings. The van der Waals surface area contributed by atoms with Crippen LogP contribution in [0.5, 0.6) is 0 Å². The molecule has 0 radical (unpaired) electrons. The molecule has 0 saturated carbocycles. The van der Waals surface area contributed by atoms with Crippen LogP contribution in [-0.2, 0) is 4.74 Å². The maximum atomic E-state index is 13.4. The highest BCUT2D eigenvalue weighted by atomic mass is 35.5. The molecule has 3 heterocycles.